The first kappa shape index (κ1) is 18.9. The number of carbonyl (C=O) groups is 1. The molecular formula is C20H24N8O. The number of hydrogen-bond donors (Lipinski definition) is 1. The molecule has 3 aromatic rings. The zero-order valence-corrected chi connectivity index (χ0v) is 16.6. The van der Waals surface area contributed by atoms with Gasteiger partial charge in [0.2, 0.25) is 5.95 Å². The van der Waals surface area contributed by atoms with Crippen LogP contribution in [-0.4, -0.2) is 68.5 Å². The van der Waals surface area contributed by atoms with Gasteiger partial charge in [-0.25, -0.2) is 4.98 Å². The maximum absolute atomic E-state index is 12.8. The van der Waals surface area contributed by atoms with E-state index < -0.39 is 0 Å². The third kappa shape index (κ3) is 4.18. The second kappa shape index (κ2) is 8.26. The summed E-state index contributed by atoms with van der Waals surface area (Å²) in [4.78, 5) is 27.4. The Labute approximate surface area is 169 Å². The first-order valence-corrected chi connectivity index (χ1v) is 9.75. The largest absolute Gasteiger partial charge is 0.370 e. The molecule has 2 aromatic heterocycles. The molecule has 0 spiro atoms. The molecule has 9 heteroatoms. The monoisotopic (exact) mass is 392 g/mol. The number of piperazine rings is 1. The van der Waals surface area contributed by atoms with Gasteiger partial charge in [0.1, 0.15) is 5.82 Å². The Hall–Kier alpha value is -3.49. The number of benzene rings is 1. The number of rotatable bonds is 5. The Morgan fingerprint density at radius 2 is 1.86 bits per heavy atom. The minimum Gasteiger partial charge on any atom is -0.370 e. The van der Waals surface area contributed by atoms with Crippen molar-refractivity contribution in [2.24, 2.45) is 0 Å². The van der Waals surface area contributed by atoms with Crippen LogP contribution in [0.25, 0.3) is 5.69 Å². The van der Waals surface area contributed by atoms with Crippen molar-refractivity contribution >= 4 is 17.7 Å². The molecule has 1 fully saturated rings. The van der Waals surface area contributed by atoms with Crippen molar-refractivity contribution in [3.8, 4) is 5.69 Å². The summed E-state index contributed by atoms with van der Waals surface area (Å²) in [6.07, 6.45) is 1.52. The highest BCUT2D eigenvalue weighted by Crippen LogP contribution is 2.16. The van der Waals surface area contributed by atoms with E-state index in [9.17, 15) is 4.79 Å². The van der Waals surface area contributed by atoms with Crippen LogP contribution in [0.1, 0.15) is 23.1 Å². The van der Waals surface area contributed by atoms with Gasteiger partial charge in [0.25, 0.3) is 5.91 Å². The predicted octanol–water partition coefficient (Wildman–Crippen LogP) is 1.76. The quantitative estimate of drug-likeness (QED) is 0.707. The third-order valence-corrected chi connectivity index (χ3v) is 4.75. The number of anilines is 2. The number of carbonyl (C=O) groups excluding carboxylic acids is 1. The van der Waals surface area contributed by atoms with E-state index in [0.29, 0.717) is 37.8 Å². The maximum atomic E-state index is 12.8. The fourth-order valence-corrected chi connectivity index (χ4v) is 3.28. The molecule has 0 aliphatic carbocycles. The van der Waals surface area contributed by atoms with Crippen LogP contribution in [0.2, 0.25) is 0 Å². The number of nitrogens with one attached hydrogen (secondary N) is 1. The molecule has 29 heavy (non-hydrogen) atoms. The molecule has 1 aliphatic heterocycles. The number of para-hydroxylation sites is 1. The number of amides is 1. The minimum atomic E-state index is -0.106. The van der Waals surface area contributed by atoms with Gasteiger partial charge in [0.15, 0.2) is 5.69 Å². The van der Waals surface area contributed by atoms with Gasteiger partial charge in [-0.1, -0.05) is 18.2 Å². The standard InChI is InChI=1S/C20H24N8O/c1-3-21-18-13-15(2)23-20(24-18)27-11-9-26(10-12-27)19(29)17-14-22-28(25-17)16-7-5-4-6-8-16/h4-8,13-14H,3,9-12H2,1-2H3,(H,21,23,24). The van der Waals surface area contributed by atoms with Crippen molar-refractivity contribution in [3.63, 3.8) is 0 Å². The summed E-state index contributed by atoms with van der Waals surface area (Å²) in [6, 6.07) is 11.5. The lowest BCUT2D eigenvalue weighted by molar-refractivity contribution is 0.0740. The maximum Gasteiger partial charge on any atom is 0.276 e. The van der Waals surface area contributed by atoms with E-state index in [1.54, 1.807) is 4.90 Å². The molecule has 150 valence electrons. The fraction of sp³-hybridized carbons (Fsp3) is 0.350. The lowest BCUT2D eigenvalue weighted by Gasteiger charge is -2.34. The van der Waals surface area contributed by atoms with Crippen molar-refractivity contribution in [3.05, 3.63) is 54.0 Å². The van der Waals surface area contributed by atoms with Gasteiger partial charge in [-0.2, -0.15) is 14.9 Å². The fourth-order valence-electron chi connectivity index (χ4n) is 3.28. The van der Waals surface area contributed by atoms with Gasteiger partial charge < -0.3 is 15.1 Å². The Morgan fingerprint density at radius 1 is 1.10 bits per heavy atom. The molecule has 0 radical (unpaired) electrons. The summed E-state index contributed by atoms with van der Waals surface area (Å²) in [5.41, 5.74) is 2.09. The molecule has 0 unspecified atom stereocenters. The van der Waals surface area contributed by atoms with Crippen LogP contribution >= 0.6 is 0 Å². The highest BCUT2D eigenvalue weighted by molar-refractivity contribution is 5.92. The molecule has 1 N–H and O–H groups in total. The van der Waals surface area contributed by atoms with Crippen molar-refractivity contribution in [2.45, 2.75) is 13.8 Å². The van der Waals surface area contributed by atoms with E-state index in [4.69, 9.17) is 0 Å². The first-order chi connectivity index (χ1) is 14.1. The summed E-state index contributed by atoms with van der Waals surface area (Å²) < 4.78 is 0. The summed E-state index contributed by atoms with van der Waals surface area (Å²) >= 11 is 0. The average molecular weight is 392 g/mol. The Balaban J connectivity index is 1.41. The zero-order chi connectivity index (χ0) is 20.2. The van der Waals surface area contributed by atoms with E-state index in [-0.39, 0.29) is 5.91 Å². The number of nitrogens with zero attached hydrogens (tertiary/aromatic N) is 7. The van der Waals surface area contributed by atoms with Gasteiger partial charge in [-0.15, -0.1) is 5.10 Å². The van der Waals surface area contributed by atoms with Gasteiger partial charge >= 0.3 is 0 Å². The molecule has 0 saturated carbocycles. The molecule has 1 saturated heterocycles. The van der Waals surface area contributed by atoms with Crippen LogP contribution in [0, 0.1) is 6.92 Å². The summed E-state index contributed by atoms with van der Waals surface area (Å²) in [5.74, 6) is 1.42. The summed E-state index contributed by atoms with van der Waals surface area (Å²) in [5, 5.41) is 11.8. The highest BCUT2D eigenvalue weighted by atomic mass is 16.2. The molecule has 4 rings (SSSR count). The third-order valence-electron chi connectivity index (χ3n) is 4.75. The molecule has 0 atom stereocenters. The van der Waals surface area contributed by atoms with E-state index in [2.05, 4.69) is 30.4 Å². The van der Waals surface area contributed by atoms with Crippen molar-refractivity contribution in [2.75, 3.05) is 42.9 Å². The van der Waals surface area contributed by atoms with Gasteiger partial charge in [-0.05, 0) is 26.0 Å². The van der Waals surface area contributed by atoms with E-state index >= 15 is 0 Å². The molecule has 1 aliphatic rings. The van der Waals surface area contributed by atoms with Crippen LogP contribution in [-0.2, 0) is 0 Å². The molecular weight excluding hydrogens is 368 g/mol. The number of aromatic nitrogens is 5. The minimum absolute atomic E-state index is 0.106. The zero-order valence-electron chi connectivity index (χ0n) is 16.6. The SMILES string of the molecule is CCNc1cc(C)nc(N2CCN(C(=O)c3cnn(-c4ccccc4)n3)CC2)n1. The molecule has 9 nitrogen and oxygen atoms in total. The normalized spacial score (nSPS) is 14.1. The summed E-state index contributed by atoms with van der Waals surface area (Å²) in [7, 11) is 0. The number of hydrogen-bond acceptors (Lipinski definition) is 7. The van der Waals surface area contributed by atoms with Crippen molar-refractivity contribution in [1.29, 1.82) is 0 Å². The molecule has 1 amide bonds. The highest BCUT2D eigenvalue weighted by Gasteiger charge is 2.25. The lowest BCUT2D eigenvalue weighted by Crippen LogP contribution is -2.49. The van der Waals surface area contributed by atoms with Crippen molar-refractivity contribution in [1.82, 2.24) is 29.9 Å². The smallest absolute Gasteiger partial charge is 0.276 e. The molecule has 0 bridgehead atoms. The molecule has 3 heterocycles. The van der Waals surface area contributed by atoms with E-state index in [1.165, 1.54) is 11.0 Å². The second-order valence-electron chi connectivity index (χ2n) is 6.86. The van der Waals surface area contributed by atoms with E-state index in [0.717, 1.165) is 23.7 Å². The van der Waals surface area contributed by atoms with Gasteiger partial charge in [0, 0.05) is 44.5 Å². The average Bonchev–Trinajstić information content (AvgIpc) is 3.24. The Kier molecular flexibility index (Phi) is 5.37. The van der Waals surface area contributed by atoms with Gasteiger partial charge in [-0.3, -0.25) is 4.79 Å². The van der Waals surface area contributed by atoms with Crippen LogP contribution in [0.4, 0.5) is 11.8 Å². The Bertz CT molecular complexity index is 979. The second-order valence-corrected chi connectivity index (χ2v) is 6.86. The predicted molar refractivity (Wildman–Crippen MR) is 110 cm³/mol. The van der Waals surface area contributed by atoms with Crippen LogP contribution in [0.3, 0.4) is 0 Å². The topological polar surface area (TPSA) is 92.1 Å². The van der Waals surface area contributed by atoms with Crippen LogP contribution in [0.15, 0.2) is 42.6 Å². The molecule has 1 aromatic carbocycles. The van der Waals surface area contributed by atoms with Crippen LogP contribution in [0.5, 0.6) is 0 Å². The summed E-state index contributed by atoms with van der Waals surface area (Å²) in [6.45, 7) is 7.33. The van der Waals surface area contributed by atoms with Crippen LogP contribution < -0.4 is 10.2 Å². The lowest BCUT2D eigenvalue weighted by atomic mass is 10.3. The van der Waals surface area contributed by atoms with Crippen molar-refractivity contribution < 1.29 is 4.79 Å². The first-order valence-electron chi connectivity index (χ1n) is 9.75. The number of aryl methyl sites for hydroxylation is 1. The van der Waals surface area contributed by atoms with Gasteiger partial charge in [0.05, 0.1) is 11.9 Å². The Morgan fingerprint density at radius 3 is 2.59 bits per heavy atom. The van der Waals surface area contributed by atoms with E-state index in [1.807, 2.05) is 50.2 Å².